The molecule has 1 aromatic rings. The fourth-order valence-electron chi connectivity index (χ4n) is 3.70. The van der Waals surface area contributed by atoms with E-state index in [1.54, 1.807) is 18.3 Å². The van der Waals surface area contributed by atoms with E-state index in [9.17, 15) is 14.9 Å². The lowest BCUT2D eigenvalue weighted by atomic mass is 10.1. The Bertz CT molecular complexity index is 749. The zero-order chi connectivity index (χ0) is 19.9. The summed E-state index contributed by atoms with van der Waals surface area (Å²) in [6.45, 7) is 3.77. The zero-order valence-electron chi connectivity index (χ0n) is 16.6. The second-order valence-corrected chi connectivity index (χ2v) is 8.77. The number of esters is 1. The highest BCUT2D eigenvalue weighted by atomic mass is 32.1. The molecule has 28 heavy (non-hydrogen) atoms. The minimum Gasteiger partial charge on any atom is -0.466 e. The lowest BCUT2D eigenvalue weighted by Crippen LogP contribution is -2.36. The van der Waals surface area contributed by atoms with Gasteiger partial charge in [-0.1, -0.05) is 6.42 Å². The van der Waals surface area contributed by atoms with Gasteiger partial charge in [-0.25, -0.2) is 0 Å². The Balaban J connectivity index is 1.61. The number of hydrogen-bond donors (Lipinski definition) is 1. The summed E-state index contributed by atoms with van der Waals surface area (Å²) < 4.78 is 5.00. The molecule has 1 saturated carbocycles. The molecule has 2 aliphatic carbocycles. The standard InChI is InChI=1S/C21H29N3O3S/c1-2-27-20(26)10-11-24(13-15-8-9-15)14-19(25)23-21-17(12-22)16-6-4-3-5-7-18(16)28-21/h15H,2-11,13-14H2,1H3,(H,23,25). The molecular formula is C21H29N3O3S. The number of rotatable bonds is 9. The number of carbonyl (C=O) groups excluding carboxylic acids is 2. The predicted molar refractivity (Wildman–Crippen MR) is 109 cm³/mol. The SMILES string of the molecule is CCOC(=O)CCN(CC(=O)Nc1sc2c(c1C#N)CCCCC2)CC1CC1. The highest BCUT2D eigenvalue weighted by molar-refractivity contribution is 7.16. The molecule has 0 atom stereocenters. The van der Waals surface area contributed by atoms with E-state index in [2.05, 4.69) is 11.4 Å². The van der Waals surface area contributed by atoms with Gasteiger partial charge < -0.3 is 10.1 Å². The summed E-state index contributed by atoms with van der Waals surface area (Å²) in [6, 6.07) is 2.31. The first-order chi connectivity index (χ1) is 13.6. The second-order valence-electron chi connectivity index (χ2n) is 7.66. The van der Waals surface area contributed by atoms with Crippen LogP contribution in [0.2, 0.25) is 0 Å². The summed E-state index contributed by atoms with van der Waals surface area (Å²) in [6.07, 6.45) is 8.05. The van der Waals surface area contributed by atoms with E-state index in [1.165, 1.54) is 24.1 Å². The monoisotopic (exact) mass is 403 g/mol. The normalized spacial score (nSPS) is 16.2. The topological polar surface area (TPSA) is 82.4 Å². The van der Waals surface area contributed by atoms with Crippen molar-refractivity contribution in [2.75, 3.05) is 31.6 Å². The molecule has 7 heteroatoms. The Hall–Kier alpha value is -1.91. The maximum absolute atomic E-state index is 12.7. The predicted octanol–water partition coefficient (Wildman–Crippen LogP) is 3.49. The molecular weight excluding hydrogens is 374 g/mol. The summed E-state index contributed by atoms with van der Waals surface area (Å²) >= 11 is 1.56. The van der Waals surface area contributed by atoms with Gasteiger partial charge in [0.25, 0.3) is 0 Å². The molecule has 1 aromatic heterocycles. The molecule has 0 bridgehead atoms. The van der Waals surface area contributed by atoms with Gasteiger partial charge in [-0.3, -0.25) is 14.5 Å². The third-order valence-corrected chi connectivity index (χ3v) is 6.51. The van der Waals surface area contributed by atoms with Crippen molar-refractivity contribution < 1.29 is 14.3 Å². The van der Waals surface area contributed by atoms with Gasteiger partial charge in [0, 0.05) is 18.0 Å². The van der Waals surface area contributed by atoms with Crippen molar-refractivity contribution in [3.8, 4) is 6.07 Å². The van der Waals surface area contributed by atoms with E-state index in [0.717, 1.165) is 37.8 Å². The van der Waals surface area contributed by atoms with Crippen LogP contribution >= 0.6 is 11.3 Å². The van der Waals surface area contributed by atoms with Crippen LogP contribution in [0.4, 0.5) is 5.00 Å². The molecule has 0 unspecified atom stereocenters. The van der Waals surface area contributed by atoms with E-state index in [1.807, 2.05) is 4.90 Å². The van der Waals surface area contributed by atoms with E-state index in [0.29, 0.717) is 36.1 Å². The van der Waals surface area contributed by atoms with Gasteiger partial charge in [-0.05, 0) is 56.9 Å². The number of nitrogens with one attached hydrogen (secondary N) is 1. The Morgan fingerprint density at radius 1 is 1.29 bits per heavy atom. The van der Waals surface area contributed by atoms with Crippen LogP contribution in [-0.4, -0.2) is 43.0 Å². The van der Waals surface area contributed by atoms with Crippen molar-refractivity contribution in [2.45, 2.75) is 58.3 Å². The fourth-order valence-corrected chi connectivity index (χ4v) is 4.96. The number of nitriles is 1. The minimum atomic E-state index is -0.225. The summed E-state index contributed by atoms with van der Waals surface area (Å²) in [7, 11) is 0. The van der Waals surface area contributed by atoms with E-state index in [-0.39, 0.29) is 18.4 Å². The average molecular weight is 404 g/mol. The maximum Gasteiger partial charge on any atom is 0.307 e. The van der Waals surface area contributed by atoms with E-state index in [4.69, 9.17) is 4.74 Å². The second kappa shape index (κ2) is 10.0. The Morgan fingerprint density at radius 2 is 2.07 bits per heavy atom. The van der Waals surface area contributed by atoms with Crippen LogP contribution in [0.3, 0.4) is 0 Å². The van der Waals surface area contributed by atoms with Gasteiger partial charge in [0.05, 0.1) is 25.1 Å². The summed E-state index contributed by atoms with van der Waals surface area (Å²) in [5, 5.41) is 13.3. The number of amides is 1. The summed E-state index contributed by atoms with van der Waals surface area (Å²) in [5.41, 5.74) is 1.79. The summed E-state index contributed by atoms with van der Waals surface area (Å²) in [5.74, 6) is 0.289. The fraction of sp³-hybridized carbons (Fsp3) is 0.667. The molecule has 1 heterocycles. The Labute approximate surface area is 170 Å². The number of thiophene rings is 1. The smallest absolute Gasteiger partial charge is 0.307 e. The van der Waals surface area contributed by atoms with Gasteiger partial charge in [-0.15, -0.1) is 11.3 Å². The van der Waals surface area contributed by atoms with Crippen LogP contribution < -0.4 is 5.32 Å². The molecule has 0 spiro atoms. The van der Waals surface area contributed by atoms with Crippen molar-refractivity contribution in [3.05, 3.63) is 16.0 Å². The Morgan fingerprint density at radius 3 is 2.79 bits per heavy atom. The molecule has 0 saturated heterocycles. The van der Waals surface area contributed by atoms with Crippen LogP contribution in [0.1, 0.15) is 61.5 Å². The average Bonchev–Trinajstić information content (AvgIpc) is 3.45. The first-order valence-electron chi connectivity index (χ1n) is 10.3. The molecule has 2 aliphatic rings. The molecule has 1 fully saturated rings. The van der Waals surface area contributed by atoms with Gasteiger partial charge >= 0.3 is 5.97 Å². The van der Waals surface area contributed by atoms with Crippen molar-refractivity contribution in [1.82, 2.24) is 4.90 Å². The molecule has 0 aromatic carbocycles. The Kier molecular flexibility index (Phi) is 7.46. The first-order valence-corrected chi connectivity index (χ1v) is 11.1. The van der Waals surface area contributed by atoms with Crippen molar-refractivity contribution in [2.24, 2.45) is 5.92 Å². The number of carbonyl (C=O) groups is 2. The van der Waals surface area contributed by atoms with Crippen molar-refractivity contribution >= 4 is 28.2 Å². The third kappa shape index (κ3) is 5.79. The van der Waals surface area contributed by atoms with Crippen LogP contribution in [0.25, 0.3) is 0 Å². The molecule has 1 amide bonds. The molecule has 0 radical (unpaired) electrons. The molecule has 6 nitrogen and oxygen atoms in total. The highest BCUT2D eigenvalue weighted by Crippen LogP contribution is 2.37. The zero-order valence-corrected chi connectivity index (χ0v) is 17.4. The van der Waals surface area contributed by atoms with Crippen molar-refractivity contribution in [3.63, 3.8) is 0 Å². The quantitative estimate of drug-likeness (QED) is 0.504. The first kappa shape index (κ1) is 20.8. The van der Waals surface area contributed by atoms with Gasteiger partial charge in [-0.2, -0.15) is 5.26 Å². The lowest BCUT2D eigenvalue weighted by Gasteiger charge is -2.21. The molecule has 152 valence electrons. The summed E-state index contributed by atoms with van der Waals surface area (Å²) in [4.78, 5) is 27.6. The van der Waals surface area contributed by atoms with Crippen molar-refractivity contribution in [1.29, 1.82) is 5.26 Å². The number of nitrogens with zero attached hydrogens (tertiary/aromatic N) is 2. The minimum absolute atomic E-state index is 0.114. The molecule has 3 rings (SSSR count). The number of fused-ring (bicyclic) bond motifs is 1. The van der Waals surface area contributed by atoms with Crippen LogP contribution in [0.15, 0.2) is 0 Å². The van der Waals surface area contributed by atoms with E-state index < -0.39 is 0 Å². The molecule has 0 aliphatic heterocycles. The van der Waals surface area contributed by atoms with Crippen LogP contribution in [0, 0.1) is 17.2 Å². The maximum atomic E-state index is 12.7. The van der Waals surface area contributed by atoms with Gasteiger partial charge in [0.2, 0.25) is 5.91 Å². The number of aryl methyl sites for hydroxylation is 1. The third-order valence-electron chi connectivity index (χ3n) is 5.30. The van der Waals surface area contributed by atoms with Crippen LogP contribution in [0.5, 0.6) is 0 Å². The number of anilines is 1. The molecule has 1 N–H and O–H groups in total. The van der Waals surface area contributed by atoms with E-state index >= 15 is 0 Å². The largest absolute Gasteiger partial charge is 0.466 e. The lowest BCUT2D eigenvalue weighted by molar-refractivity contribution is -0.143. The number of ether oxygens (including phenoxy) is 1. The number of hydrogen-bond acceptors (Lipinski definition) is 6. The van der Waals surface area contributed by atoms with Crippen LogP contribution in [-0.2, 0) is 27.2 Å². The highest BCUT2D eigenvalue weighted by Gasteiger charge is 2.26. The van der Waals surface area contributed by atoms with Gasteiger partial charge in [0.1, 0.15) is 11.1 Å². The van der Waals surface area contributed by atoms with Gasteiger partial charge in [0.15, 0.2) is 0 Å².